The van der Waals surface area contributed by atoms with Crippen molar-refractivity contribution in [2.45, 2.75) is 11.0 Å². The maximum absolute atomic E-state index is 13.1. The van der Waals surface area contributed by atoms with Gasteiger partial charge in [0.25, 0.3) is 0 Å². The van der Waals surface area contributed by atoms with Crippen LogP contribution in [0.15, 0.2) is 28.8 Å². The van der Waals surface area contributed by atoms with E-state index in [4.69, 9.17) is 0 Å². The molecule has 0 saturated heterocycles. The number of nitrogens with zero attached hydrogens (tertiary/aromatic N) is 1. The summed E-state index contributed by atoms with van der Waals surface area (Å²) in [5.41, 5.74) is -0.616. The molecule has 1 aromatic carbocycles. The Hall–Kier alpha value is -1.70. The Morgan fingerprint density at radius 2 is 2.05 bits per heavy atom. The molecule has 0 aliphatic rings. The SMILES string of the molecule is O=CC(Br)c1c(-c2cccc(F)c2)noc1C(F)(F)F. The van der Waals surface area contributed by atoms with Gasteiger partial charge in [-0.2, -0.15) is 13.2 Å². The third kappa shape index (κ3) is 2.74. The zero-order valence-electron chi connectivity index (χ0n) is 9.62. The molecule has 0 radical (unpaired) electrons. The third-order valence-electron chi connectivity index (χ3n) is 2.48. The molecule has 0 aliphatic carbocycles. The van der Waals surface area contributed by atoms with E-state index in [2.05, 4.69) is 25.6 Å². The summed E-state index contributed by atoms with van der Waals surface area (Å²) in [6.07, 6.45) is -4.53. The summed E-state index contributed by atoms with van der Waals surface area (Å²) in [4.78, 5) is 9.51. The van der Waals surface area contributed by atoms with Crippen molar-refractivity contribution in [3.63, 3.8) is 0 Å². The van der Waals surface area contributed by atoms with E-state index in [-0.39, 0.29) is 17.5 Å². The number of aromatic nitrogens is 1. The number of aldehydes is 1. The summed E-state index contributed by atoms with van der Waals surface area (Å²) in [6, 6.07) is 4.83. The van der Waals surface area contributed by atoms with Crippen molar-refractivity contribution in [3.8, 4) is 11.3 Å². The summed E-state index contributed by atoms with van der Waals surface area (Å²) in [5.74, 6) is -2.02. The van der Waals surface area contributed by atoms with Gasteiger partial charge in [0.1, 0.15) is 22.6 Å². The summed E-state index contributed by atoms with van der Waals surface area (Å²) in [6.45, 7) is 0. The second-order valence-electron chi connectivity index (χ2n) is 3.82. The van der Waals surface area contributed by atoms with Crippen LogP contribution >= 0.6 is 15.9 Å². The quantitative estimate of drug-likeness (QED) is 0.474. The van der Waals surface area contributed by atoms with Crippen molar-refractivity contribution < 1.29 is 26.9 Å². The summed E-state index contributed by atoms with van der Waals surface area (Å²) < 4.78 is 55.9. The van der Waals surface area contributed by atoms with Gasteiger partial charge in [-0.1, -0.05) is 33.2 Å². The zero-order chi connectivity index (χ0) is 14.9. The molecule has 2 rings (SSSR count). The van der Waals surface area contributed by atoms with Crippen LogP contribution in [0.2, 0.25) is 0 Å². The van der Waals surface area contributed by atoms with E-state index >= 15 is 0 Å². The molecule has 20 heavy (non-hydrogen) atoms. The molecule has 8 heteroatoms. The van der Waals surface area contributed by atoms with E-state index in [0.717, 1.165) is 12.1 Å². The van der Waals surface area contributed by atoms with Gasteiger partial charge in [-0.15, -0.1) is 0 Å². The Labute approximate surface area is 118 Å². The van der Waals surface area contributed by atoms with E-state index in [1.807, 2.05) is 0 Å². The summed E-state index contributed by atoms with van der Waals surface area (Å²) in [5, 5.41) is 3.31. The van der Waals surface area contributed by atoms with Gasteiger partial charge >= 0.3 is 6.18 Å². The molecule has 1 atom stereocenters. The largest absolute Gasteiger partial charge is 0.452 e. The lowest BCUT2D eigenvalue weighted by atomic mass is 10.0. The van der Waals surface area contributed by atoms with Crippen LogP contribution in [-0.4, -0.2) is 11.4 Å². The van der Waals surface area contributed by atoms with Gasteiger partial charge in [-0.3, -0.25) is 0 Å². The molecule has 106 valence electrons. The molecule has 0 bridgehead atoms. The van der Waals surface area contributed by atoms with Crippen LogP contribution in [0.1, 0.15) is 16.2 Å². The number of hydrogen-bond acceptors (Lipinski definition) is 3. The molecule has 1 aromatic heterocycles. The third-order valence-corrected chi connectivity index (χ3v) is 3.15. The van der Waals surface area contributed by atoms with Crippen molar-refractivity contribution in [2.24, 2.45) is 0 Å². The Kier molecular flexibility index (Phi) is 3.94. The Bertz CT molecular complexity index is 639. The fraction of sp³-hybridized carbons (Fsp3) is 0.167. The van der Waals surface area contributed by atoms with Crippen molar-refractivity contribution in [2.75, 3.05) is 0 Å². The molecule has 0 spiro atoms. The van der Waals surface area contributed by atoms with Crippen molar-refractivity contribution >= 4 is 22.2 Å². The molecule has 0 fully saturated rings. The highest BCUT2D eigenvalue weighted by Gasteiger charge is 2.42. The second-order valence-corrected chi connectivity index (χ2v) is 4.81. The van der Waals surface area contributed by atoms with Crippen LogP contribution in [0.3, 0.4) is 0 Å². The van der Waals surface area contributed by atoms with E-state index in [1.54, 1.807) is 0 Å². The highest BCUT2D eigenvalue weighted by atomic mass is 79.9. The minimum Gasteiger partial charge on any atom is -0.351 e. The number of hydrogen-bond donors (Lipinski definition) is 0. The minimum atomic E-state index is -4.80. The predicted octanol–water partition coefficient (Wildman–Crippen LogP) is 4.13. The van der Waals surface area contributed by atoms with Gasteiger partial charge in [0.2, 0.25) is 5.76 Å². The average molecular weight is 352 g/mol. The predicted molar refractivity (Wildman–Crippen MR) is 64.6 cm³/mol. The van der Waals surface area contributed by atoms with E-state index in [0.29, 0.717) is 0 Å². The van der Waals surface area contributed by atoms with Gasteiger partial charge < -0.3 is 9.32 Å². The first-order chi connectivity index (χ1) is 9.34. The van der Waals surface area contributed by atoms with Gasteiger partial charge in [-0.05, 0) is 12.1 Å². The monoisotopic (exact) mass is 351 g/mol. The first-order valence-corrected chi connectivity index (χ1v) is 6.18. The molecule has 0 N–H and O–H groups in total. The highest BCUT2D eigenvalue weighted by molar-refractivity contribution is 9.09. The fourth-order valence-electron chi connectivity index (χ4n) is 1.67. The maximum Gasteiger partial charge on any atom is 0.452 e. The van der Waals surface area contributed by atoms with Gasteiger partial charge in [-0.25, -0.2) is 4.39 Å². The summed E-state index contributed by atoms with van der Waals surface area (Å²) >= 11 is 2.81. The Morgan fingerprint density at radius 3 is 2.60 bits per heavy atom. The topological polar surface area (TPSA) is 43.1 Å². The Balaban J connectivity index is 2.65. The highest BCUT2D eigenvalue weighted by Crippen LogP contribution is 2.41. The van der Waals surface area contributed by atoms with Crippen LogP contribution in [0.5, 0.6) is 0 Å². The van der Waals surface area contributed by atoms with Crippen LogP contribution in [0, 0.1) is 5.82 Å². The lowest BCUT2D eigenvalue weighted by Gasteiger charge is -2.07. The van der Waals surface area contributed by atoms with Crippen molar-refractivity contribution in [1.82, 2.24) is 5.16 Å². The van der Waals surface area contributed by atoms with E-state index in [1.165, 1.54) is 12.1 Å². The van der Waals surface area contributed by atoms with Crippen molar-refractivity contribution in [1.29, 1.82) is 0 Å². The average Bonchev–Trinajstić information content (AvgIpc) is 2.82. The number of carbonyl (C=O) groups is 1. The van der Waals surface area contributed by atoms with Crippen LogP contribution in [0.4, 0.5) is 17.6 Å². The number of rotatable bonds is 3. The molecule has 0 amide bonds. The minimum absolute atomic E-state index is 0.0885. The second kappa shape index (κ2) is 5.35. The molecule has 0 aliphatic heterocycles. The maximum atomic E-state index is 13.1. The number of alkyl halides is 4. The lowest BCUT2D eigenvalue weighted by Crippen LogP contribution is -2.08. The molecule has 1 unspecified atom stereocenters. The number of carbonyl (C=O) groups excluding carboxylic acids is 1. The molecule has 1 heterocycles. The van der Waals surface area contributed by atoms with E-state index < -0.39 is 28.1 Å². The standard InChI is InChI=1S/C12H6BrF4NO2/c13-8(5-19)9-10(6-2-1-3-7(14)4-6)18-20-11(9)12(15,16)17/h1-5,8H. The molecular formula is C12H6BrF4NO2. The zero-order valence-corrected chi connectivity index (χ0v) is 11.2. The van der Waals surface area contributed by atoms with E-state index in [9.17, 15) is 22.4 Å². The smallest absolute Gasteiger partial charge is 0.351 e. The lowest BCUT2D eigenvalue weighted by molar-refractivity contribution is -0.156. The molecule has 0 saturated carbocycles. The Morgan fingerprint density at radius 1 is 1.35 bits per heavy atom. The normalized spacial score (nSPS) is 13.2. The molecular weight excluding hydrogens is 346 g/mol. The molecule has 3 nitrogen and oxygen atoms in total. The summed E-state index contributed by atoms with van der Waals surface area (Å²) in [7, 11) is 0. The number of halogens is 5. The van der Waals surface area contributed by atoms with Gasteiger partial charge in [0.05, 0.1) is 5.56 Å². The number of benzene rings is 1. The van der Waals surface area contributed by atoms with Gasteiger partial charge in [0, 0.05) is 5.56 Å². The van der Waals surface area contributed by atoms with Crippen LogP contribution < -0.4 is 0 Å². The van der Waals surface area contributed by atoms with Crippen LogP contribution in [0.25, 0.3) is 11.3 Å². The first kappa shape index (κ1) is 14.7. The van der Waals surface area contributed by atoms with Crippen molar-refractivity contribution in [3.05, 3.63) is 41.4 Å². The first-order valence-electron chi connectivity index (χ1n) is 5.26. The van der Waals surface area contributed by atoms with Gasteiger partial charge in [0.15, 0.2) is 0 Å². The van der Waals surface area contributed by atoms with Crippen LogP contribution in [-0.2, 0) is 11.0 Å². The fourth-order valence-corrected chi connectivity index (χ4v) is 2.09. The molecule has 2 aromatic rings.